The lowest BCUT2D eigenvalue weighted by Crippen LogP contribution is -2.51. The topological polar surface area (TPSA) is 80.6 Å². The zero-order valence-corrected chi connectivity index (χ0v) is 19.4. The summed E-state index contributed by atoms with van der Waals surface area (Å²) in [7, 11) is 0. The van der Waals surface area contributed by atoms with Crippen LogP contribution in [0.2, 0.25) is 0 Å². The molecule has 1 saturated heterocycles. The van der Waals surface area contributed by atoms with Gasteiger partial charge < -0.3 is 14.5 Å². The zero-order chi connectivity index (χ0) is 23.0. The summed E-state index contributed by atoms with van der Waals surface area (Å²) in [5, 5.41) is 9.52. The maximum absolute atomic E-state index is 12.8. The number of thioether (sulfide) groups is 1. The Morgan fingerprint density at radius 3 is 2.21 bits per heavy atom. The normalized spacial score (nSPS) is 13.7. The van der Waals surface area contributed by atoms with Gasteiger partial charge in [-0.05, 0) is 24.6 Å². The number of amides is 2. The van der Waals surface area contributed by atoms with E-state index in [0.29, 0.717) is 44.4 Å². The van der Waals surface area contributed by atoms with Crippen molar-refractivity contribution < 1.29 is 14.3 Å². The van der Waals surface area contributed by atoms with Gasteiger partial charge in [0.05, 0.1) is 12.4 Å². The number of carbonyl (C=O) groups excluding carboxylic acids is 2. The summed E-state index contributed by atoms with van der Waals surface area (Å²) >= 11 is 1.38. The van der Waals surface area contributed by atoms with E-state index < -0.39 is 0 Å². The minimum atomic E-state index is -0.319. The molecule has 1 aliphatic rings. The number of rotatable bonds is 7. The molecule has 33 heavy (non-hydrogen) atoms. The smallest absolute Gasteiger partial charge is 0.409 e. The number of benzene rings is 2. The first-order valence-corrected chi connectivity index (χ1v) is 12.0. The molecule has 172 valence electrons. The van der Waals surface area contributed by atoms with Crippen LogP contribution >= 0.6 is 11.8 Å². The molecule has 3 aromatic rings. The van der Waals surface area contributed by atoms with Crippen molar-refractivity contribution in [3.05, 3.63) is 72.1 Å². The van der Waals surface area contributed by atoms with E-state index in [2.05, 4.69) is 22.3 Å². The predicted octanol–water partition coefficient (Wildman–Crippen LogP) is 3.25. The third-order valence-electron chi connectivity index (χ3n) is 5.40. The molecule has 0 N–H and O–H groups in total. The van der Waals surface area contributed by atoms with Gasteiger partial charge in [0.15, 0.2) is 5.16 Å². The van der Waals surface area contributed by atoms with Crippen molar-refractivity contribution >= 4 is 23.8 Å². The van der Waals surface area contributed by atoms with Gasteiger partial charge in [-0.1, -0.05) is 60.3 Å². The molecule has 0 saturated carbocycles. The van der Waals surface area contributed by atoms with E-state index in [1.54, 1.807) is 16.7 Å². The number of piperazine rings is 1. The average molecular weight is 466 g/mol. The first kappa shape index (κ1) is 22.8. The third-order valence-corrected chi connectivity index (χ3v) is 6.32. The molecule has 1 aliphatic heterocycles. The summed E-state index contributed by atoms with van der Waals surface area (Å²) < 4.78 is 7.06. The van der Waals surface area contributed by atoms with E-state index in [1.165, 1.54) is 11.8 Å². The first-order chi connectivity index (χ1) is 16.2. The summed E-state index contributed by atoms with van der Waals surface area (Å²) in [6.45, 7) is 4.11. The van der Waals surface area contributed by atoms with Crippen molar-refractivity contribution in [3.63, 3.8) is 0 Å². The van der Waals surface area contributed by atoms with Crippen molar-refractivity contribution in [1.82, 2.24) is 24.6 Å². The summed E-state index contributed by atoms with van der Waals surface area (Å²) in [6, 6.07) is 20.1. The summed E-state index contributed by atoms with van der Waals surface area (Å²) in [5.41, 5.74) is 2.11. The SMILES string of the molecule is CCOC(=O)N1CCN(C(=O)CSc2nnc(Cc3ccccc3)n2-c2ccccc2)CC1. The molecular weight excluding hydrogens is 438 g/mol. The number of hydrogen-bond donors (Lipinski definition) is 0. The van der Waals surface area contributed by atoms with Crippen molar-refractivity contribution in [3.8, 4) is 5.69 Å². The molecule has 1 aromatic heterocycles. The van der Waals surface area contributed by atoms with E-state index in [-0.39, 0.29) is 17.8 Å². The molecule has 2 amide bonds. The molecule has 0 spiro atoms. The van der Waals surface area contributed by atoms with Gasteiger partial charge in [0, 0.05) is 38.3 Å². The van der Waals surface area contributed by atoms with Gasteiger partial charge in [0.25, 0.3) is 0 Å². The number of hydrogen-bond acceptors (Lipinski definition) is 6. The largest absolute Gasteiger partial charge is 0.450 e. The quantitative estimate of drug-likeness (QED) is 0.499. The molecule has 2 aromatic carbocycles. The third kappa shape index (κ3) is 5.73. The van der Waals surface area contributed by atoms with Crippen LogP contribution in [-0.4, -0.2) is 75.1 Å². The van der Waals surface area contributed by atoms with Crippen LogP contribution in [0.25, 0.3) is 5.69 Å². The maximum Gasteiger partial charge on any atom is 0.409 e. The summed E-state index contributed by atoms with van der Waals surface area (Å²) in [4.78, 5) is 28.1. The molecule has 0 unspecified atom stereocenters. The Morgan fingerprint density at radius 1 is 0.909 bits per heavy atom. The van der Waals surface area contributed by atoms with Crippen LogP contribution in [-0.2, 0) is 16.0 Å². The van der Waals surface area contributed by atoms with Crippen molar-refractivity contribution in [2.75, 3.05) is 38.5 Å². The van der Waals surface area contributed by atoms with Gasteiger partial charge in [-0.15, -0.1) is 10.2 Å². The molecule has 0 aliphatic carbocycles. The second kappa shape index (κ2) is 11.0. The Kier molecular flexibility index (Phi) is 7.62. The number of nitrogens with zero attached hydrogens (tertiary/aromatic N) is 5. The van der Waals surface area contributed by atoms with Crippen LogP contribution in [0.4, 0.5) is 4.79 Å². The molecule has 0 radical (unpaired) electrons. The number of para-hydroxylation sites is 1. The number of ether oxygens (including phenoxy) is 1. The van der Waals surface area contributed by atoms with Gasteiger partial charge in [0.1, 0.15) is 5.82 Å². The number of aromatic nitrogens is 3. The minimum Gasteiger partial charge on any atom is -0.450 e. The van der Waals surface area contributed by atoms with Gasteiger partial charge in [-0.2, -0.15) is 0 Å². The van der Waals surface area contributed by atoms with Crippen LogP contribution in [0, 0.1) is 0 Å². The van der Waals surface area contributed by atoms with Gasteiger partial charge >= 0.3 is 6.09 Å². The van der Waals surface area contributed by atoms with Gasteiger partial charge in [-0.25, -0.2) is 4.79 Å². The highest BCUT2D eigenvalue weighted by Gasteiger charge is 2.25. The Bertz CT molecular complexity index is 1070. The van der Waals surface area contributed by atoms with Crippen LogP contribution in [0.5, 0.6) is 0 Å². The van der Waals surface area contributed by atoms with Crippen LogP contribution in [0.15, 0.2) is 65.8 Å². The number of carbonyl (C=O) groups is 2. The Morgan fingerprint density at radius 2 is 1.55 bits per heavy atom. The lowest BCUT2D eigenvalue weighted by molar-refractivity contribution is -0.129. The first-order valence-electron chi connectivity index (χ1n) is 11.0. The van der Waals surface area contributed by atoms with E-state index in [1.807, 2.05) is 53.1 Å². The molecular formula is C24H27N5O3S. The van der Waals surface area contributed by atoms with E-state index in [9.17, 15) is 9.59 Å². The fourth-order valence-electron chi connectivity index (χ4n) is 3.69. The lowest BCUT2D eigenvalue weighted by Gasteiger charge is -2.34. The van der Waals surface area contributed by atoms with Crippen LogP contribution in [0.1, 0.15) is 18.3 Å². The highest BCUT2D eigenvalue weighted by Crippen LogP contribution is 2.24. The predicted molar refractivity (Wildman–Crippen MR) is 127 cm³/mol. The standard InChI is InChI=1S/C24H27N5O3S/c1-2-32-24(31)28-15-13-27(14-16-28)22(30)18-33-23-26-25-21(17-19-9-5-3-6-10-19)29(23)20-11-7-4-8-12-20/h3-12H,2,13-18H2,1H3. The second-order valence-electron chi connectivity index (χ2n) is 7.59. The molecule has 0 atom stereocenters. The zero-order valence-electron chi connectivity index (χ0n) is 18.6. The monoisotopic (exact) mass is 465 g/mol. The molecule has 0 bridgehead atoms. The second-order valence-corrected chi connectivity index (χ2v) is 8.53. The van der Waals surface area contributed by atoms with E-state index in [0.717, 1.165) is 17.1 Å². The summed E-state index contributed by atoms with van der Waals surface area (Å²) in [5.74, 6) is 1.11. The molecule has 8 nitrogen and oxygen atoms in total. The molecule has 9 heteroatoms. The van der Waals surface area contributed by atoms with E-state index in [4.69, 9.17) is 4.74 Å². The molecule has 1 fully saturated rings. The van der Waals surface area contributed by atoms with Crippen LogP contribution in [0.3, 0.4) is 0 Å². The van der Waals surface area contributed by atoms with Crippen molar-refractivity contribution in [2.24, 2.45) is 0 Å². The fraction of sp³-hybridized carbons (Fsp3) is 0.333. The van der Waals surface area contributed by atoms with Crippen molar-refractivity contribution in [2.45, 2.75) is 18.5 Å². The minimum absolute atomic E-state index is 0.0238. The van der Waals surface area contributed by atoms with Crippen molar-refractivity contribution in [1.29, 1.82) is 0 Å². The molecule has 2 heterocycles. The summed E-state index contributed by atoms with van der Waals surface area (Å²) in [6.07, 6.45) is 0.327. The Labute approximate surface area is 197 Å². The van der Waals surface area contributed by atoms with Crippen LogP contribution < -0.4 is 0 Å². The van der Waals surface area contributed by atoms with E-state index >= 15 is 0 Å². The highest BCUT2D eigenvalue weighted by atomic mass is 32.2. The fourth-order valence-corrected chi connectivity index (χ4v) is 4.57. The molecule has 4 rings (SSSR count). The average Bonchev–Trinajstić information content (AvgIpc) is 3.26. The highest BCUT2D eigenvalue weighted by molar-refractivity contribution is 7.99. The maximum atomic E-state index is 12.8. The Balaban J connectivity index is 1.43. The van der Waals surface area contributed by atoms with Gasteiger partial charge in [-0.3, -0.25) is 9.36 Å². The Hall–Kier alpha value is -3.33. The van der Waals surface area contributed by atoms with Gasteiger partial charge in [0.2, 0.25) is 5.91 Å². The lowest BCUT2D eigenvalue weighted by atomic mass is 10.1.